The fraction of sp³-hybridized carbons (Fsp3) is 0.158. The highest BCUT2D eigenvalue weighted by molar-refractivity contribution is 5.97. The van der Waals surface area contributed by atoms with Gasteiger partial charge >= 0.3 is 11.9 Å². The molecule has 2 rings (SSSR count). The van der Waals surface area contributed by atoms with Gasteiger partial charge in [0.05, 0.1) is 11.1 Å². The monoisotopic (exact) mass is 370 g/mol. The third kappa shape index (κ3) is 5.67. The van der Waals surface area contributed by atoms with E-state index in [1.54, 1.807) is 24.3 Å². The summed E-state index contributed by atoms with van der Waals surface area (Å²) in [6.45, 7) is 0. The number of carbonyl (C=O) groups excluding carboxylic acids is 4. The van der Waals surface area contributed by atoms with Crippen LogP contribution < -0.4 is 20.9 Å². The Kier molecular flexibility index (Phi) is 6.65. The second-order valence-electron chi connectivity index (χ2n) is 5.52. The zero-order chi connectivity index (χ0) is 19.8. The third-order valence-corrected chi connectivity index (χ3v) is 3.51. The Labute approximate surface area is 155 Å². The normalized spacial score (nSPS) is 10.1. The molecule has 0 aliphatic rings. The molecule has 0 heterocycles. The van der Waals surface area contributed by atoms with Gasteiger partial charge in [-0.15, -0.1) is 0 Å². The van der Waals surface area contributed by atoms with Crippen molar-refractivity contribution in [3.63, 3.8) is 0 Å². The van der Waals surface area contributed by atoms with Crippen molar-refractivity contribution >= 4 is 23.8 Å². The number of rotatable bonds is 8. The SMILES string of the molecule is NC(=O)c1ccccc1OC(=O)CCCC(=O)Oc1ccccc1C(N)=O. The lowest BCUT2D eigenvalue weighted by atomic mass is 10.2. The average molecular weight is 370 g/mol. The zero-order valence-electron chi connectivity index (χ0n) is 14.3. The Bertz CT molecular complexity index is 807. The van der Waals surface area contributed by atoms with Gasteiger partial charge in [0, 0.05) is 12.8 Å². The zero-order valence-corrected chi connectivity index (χ0v) is 14.3. The van der Waals surface area contributed by atoms with Gasteiger partial charge in [-0.05, 0) is 30.7 Å². The summed E-state index contributed by atoms with van der Waals surface area (Å²) < 4.78 is 10.2. The molecule has 0 aliphatic heterocycles. The van der Waals surface area contributed by atoms with Crippen LogP contribution in [0.2, 0.25) is 0 Å². The van der Waals surface area contributed by atoms with E-state index in [4.69, 9.17) is 20.9 Å². The van der Waals surface area contributed by atoms with E-state index in [0.29, 0.717) is 0 Å². The van der Waals surface area contributed by atoms with Gasteiger partial charge in [0.15, 0.2) is 0 Å². The maximum Gasteiger partial charge on any atom is 0.311 e. The molecule has 2 aromatic carbocycles. The highest BCUT2D eigenvalue weighted by atomic mass is 16.5. The average Bonchev–Trinajstić information content (AvgIpc) is 2.62. The molecule has 0 bridgehead atoms. The number of carbonyl (C=O) groups is 4. The molecule has 0 aromatic heterocycles. The van der Waals surface area contributed by atoms with E-state index < -0.39 is 23.8 Å². The number of para-hydroxylation sites is 2. The van der Waals surface area contributed by atoms with Crippen molar-refractivity contribution in [1.82, 2.24) is 0 Å². The van der Waals surface area contributed by atoms with Gasteiger partial charge in [-0.1, -0.05) is 24.3 Å². The van der Waals surface area contributed by atoms with Crippen LogP contribution in [-0.4, -0.2) is 23.8 Å². The van der Waals surface area contributed by atoms with Crippen LogP contribution >= 0.6 is 0 Å². The van der Waals surface area contributed by atoms with E-state index in [1.807, 2.05) is 0 Å². The summed E-state index contributed by atoms with van der Waals surface area (Å²) in [6, 6.07) is 12.2. The van der Waals surface area contributed by atoms with Gasteiger partial charge in [0.2, 0.25) is 0 Å². The van der Waals surface area contributed by atoms with Gasteiger partial charge in [-0.25, -0.2) is 0 Å². The quantitative estimate of drug-likeness (QED) is 0.534. The molecular weight excluding hydrogens is 352 g/mol. The van der Waals surface area contributed by atoms with Crippen LogP contribution in [0.3, 0.4) is 0 Å². The highest BCUT2D eigenvalue weighted by Gasteiger charge is 2.15. The lowest BCUT2D eigenvalue weighted by Crippen LogP contribution is -2.17. The molecule has 4 N–H and O–H groups in total. The minimum absolute atomic E-state index is 0.0629. The summed E-state index contributed by atoms with van der Waals surface area (Å²) in [5, 5.41) is 0. The number of amides is 2. The summed E-state index contributed by atoms with van der Waals surface area (Å²) in [7, 11) is 0. The summed E-state index contributed by atoms with van der Waals surface area (Å²) in [4.78, 5) is 46.4. The van der Waals surface area contributed by atoms with Gasteiger partial charge in [0.1, 0.15) is 11.5 Å². The number of primary amides is 2. The first-order chi connectivity index (χ1) is 12.9. The molecule has 0 saturated carbocycles. The summed E-state index contributed by atoms with van der Waals surface area (Å²) in [6.07, 6.45) is 0.0223. The molecule has 0 radical (unpaired) electrons. The fourth-order valence-corrected chi connectivity index (χ4v) is 2.24. The van der Waals surface area contributed by atoms with E-state index in [1.165, 1.54) is 24.3 Å². The van der Waals surface area contributed by atoms with Crippen LogP contribution in [0.5, 0.6) is 11.5 Å². The molecule has 27 heavy (non-hydrogen) atoms. The maximum atomic E-state index is 11.9. The molecule has 8 nitrogen and oxygen atoms in total. The van der Waals surface area contributed by atoms with E-state index in [9.17, 15) is 19.2 Å². The highest BCUT2D eigenvalue weighted by Crippen LogP contribution is 2.19. The molecule has 0 unspecified atom stereocenters. The van der Waals surface area contributed by atoms with Crippen LogP contribution in [0, 0.1) is 0 Å². The molecule has 8 heteroatoms. The molecule has 0 aliphatic carbocycles. The molecule has 0 fully saturated rings. The van der Waals surface area contributed by atoms with Crippen molar-refractivity contribution < 1.29 is 28.7 Å². The lowest BCUT2D eigenvalue weighted by molar-refractivity contribution is -0.136. The minimum Gasteiger partial charge on any atom is -0.426 e. The Hall–Kier alpha value is -3.68. The molecule has 2 amide bonds. The predicted molar refractivity (Wildman–Crippen MR) is 95.0 cm³/mol. The predicted octanol–water partition coefficient (Wildman–Crippen LogP) is 1.57. The number of esters is 2. The van der Waals surface area contributed by atoms with Crippen molar-refractivity contribution in [3.05, 3.63) is 59.7 Å². The minimum atomic E-state index is -0.713. The summed E-state index contributed by atoms with van der Waals surface area (Å²) >= 11 is 0. The standard InChI is InChI=1S/C19H18N2O6/c20-18(24)12-6-1-3-8-14(12)26-16(22)10-5-11-17(23)27-15-9-4-2-7-13(15)19(21)25/h1-4,6-9H,5,10-11H2,(H2,20,24)(H2,21,25). The van der Waals surface area contributed by atoms with Crippen LogP contribution in [0.4, 0.5) is 0 Å². The van der Waals surface area contributed by atoms with Crippen LogP contribution in [-0.2, 0) is 9.59 Å². The molecule has 140 valence electrons. The van der Waals surface area contributed by atoms with Crippen molar-refractivity contribution in [2.45, 2.75) is 19.3 Å². The fourth-order valence-electron chi connectivity index (χ4n) is 2.24. The van der Waals surface area contributed by atoms with E-state index >= 15 is 0 Å². The Morgan fingerprint density at radius 3 is 1.41 bits per heavy atom. The van der Waals surface area contributed by atoms with Crippen molar-refractivity contribution in [1.29, 1.82) is 0 Å². The van der Waals surface area contributed by atoms with Crippen LogP contribution in [0.25, 0.3) is 0 Å². The smallest absolute Gasteiger partial charge is 0.311 e. The largest absolute Gasteiger partial charge is 0.426 e. The topological polar surface area (TPSA) is 139 Å². The van der Waals surface area contributed by atoms with Crippen LogP contribution in [0.1, 0.15) is 40.0 Å². The van der Waals surface area contributed by atoms with Gasteiger partial charge in [-0.2, -0.15) is 0 Å². The number of ether oxygens (including phenoxy) is 2. The number of hydrogen-bond acceptors (Lipinski definition) is 6. The second kappa shape index (κ2) is 9.14. The van der Waals surface area contributed by atoms with Gasteiger partial charge in [0.25, 0.3) is 11.8 Å². The number of nitrogens with two attached hydrogens (primary N) is 2. The van der Waals surface area contributed by atoms with Gasteiger partial charge in [-0.3, -0.25) is 19.2 Å². The van der Waals surface area contributed by atoms with Crippen molar-refractivity contribution in [2.24, 2.45) is 11.5 Å². The van der Waals surface area contributed by atoms with E-state index in [0.717, 1.165) is 0 Å². The van der Waals surface area contributed by atoms with Crippen molar-refractivity contribution in [2.75, 3.05) is 0 Å². The number of hydrogen-bond donors (Lipinski definition) is 2. The molecule has 0 saturated heterocycles. The number of benzene rings is 2. The first-order valence-electron chi connectivity index (χ1n) is 8.07. The first kappa shape index (κ1) is 19.6. The van der Waals surface area contributed by atoms with E-state index in [-0.39, 0.29) is 41.9 Å². The molecule has 2 aromatic rings. The molecule has 0 atom stereocenters. The van der Waals surface area contributed by atoms with Crippen molar-refractivity contribution in [3.8, 4) is 11.5 Å². The Morgan fingerprint density at radius 1 is 0.667 bits per heavy atom. The molecular formula is C19H18N2O6. The van der Waals surface area contributed by atoms with Gasteiger partial charge < -0.3 is 20.9 Å². The summed E-state index contributed by atoms with van der Waals surface area (Å²) in [5.74, 6) is -2.53. The first-order valence-corrected chi connectivity index (χ1v) is 8.07. The van der Waals surface area contributed by atoms with Crippen LogP contribution in [0.15, 0.2) is 48.5 Å². The maximum absolute atomic E-state index is 11.9. The Morgan fingerprint density at radius 2 is 1.04 bits per heavy atom. The van der Waals surface area contributed by atoms with E-state index in [2.05, 4.69) is 0 Å². The molecule has 0 spiro atoms. The Balaban J connectivity index is 1.84. The lowest BCUT2D eigenvalue weighted by Gasteiger charge is -2.08. The third-order valence-electron chi connectivity index (χ3n) is 3.51. The second-order valence-corrected chi connectivity index (χ2v) is 5.52. The summed E-state index contributed by atoms with van der Waals surface area (Å²) in [5.41, 5.74) is 10.6.